The number of nitrogens with one attached hydrogen (secondary N) is 2. The summed E-state index contributed by atoms with van der Waals surface area (Å²) in [5.41, 5.74) is -5.40. The van der Waals surface area contributed by atoms with E-state index in [-0.39, 0.29) is 40.0 Å². The zero-order chi connectivity index (χ0) is 34.0. The molecule has 0 bridgehead atoms. The third-order valence-corrected chi connectivity index (χ3v) is 10.8. The Bertz CT molecular complexity index is 1530. The summed E-state index contributed by atoms with van der Waals surface area (Å²) in [7, 11) is -4.31. The Labute approximate surface area is 267 Å². The summed E-state index contributed by atoms with van der Waals surface area (Å²) in [5.74, 6) is -2.03. The number of alkyl halides is 3. The zero-order valence-corrected chi connectivity index (χ0v) is 27.5. The van der Waals surface area contributed by atoms with Crippen LogP contribution in [0.3, 0.4) is 0 Å². The van der Waals surface area contributed by atoms with E-state index in [2.05, 4.69) is 31.4 Å². The molecule has 46 heavy (non-hydrogen) atoms. The highest BCUT2D eigenvalue weighted by Gasteiger charge is 2.47. The minimum atomic E-state index is -5.62. The topological polar surface area (TPSA) is 111 Å². The van der Waals surface area contributed by atoms with Crippen LogP contribution in [0.5, 0.6) is 11.5 Å². The number of amides is 2. The molecule has 2 aliphatic carbocycles. The SMILES string of the molecule is CC[C@@H]1CCC[C@@H](NC(=O)c2cc(OCC3CC(C(C)(C)C)C3)c(F)cc2OC)[C@H]1C(=O)Nc1cccc(S(=O)(=O)C(F)(F)F)c1. The van der Waals surface area contributed by atoms with Crippen molar-refractivity contribution in [3.63, 3.8) is 0 Å². The van der Waals surface area contributed by atoms with Gasteiger partial charge in [-0.3, -0.25) is 9.59 Å². The van der Waals surface area contributed by atoms with Crippen LogP contribution in [-0.2, 0) is 14.6 Å². The number of halogens is 4. The molecule has 0 saturated heterocycles. The first kappa shape index (κ1) is 35.5. The van der Waals surface area contributed by atoms with Crippen molar-refractivity contribution in [1.29, 1.82) is 0 Å². The van der Waals surface area contributed by atoms with E-state index in [1.54, 1.807) is 0 Å². The number of benzene rings is 2. The van der Waals surface area contributed by atoms with Crippen LogP contribution in [0.25, 0.3) is 0 Å². The second-order valence-electron chi connectivity index (χ2n) is 13.4. The number of ether oxygens (including phenoxy) is 2. The zero-order valence-electron chi connectivity index (χ0n) is 26.7. The molecule has 254 valence electrons. The van der Waals surface area contributed by atoms with Crippen LogP contribution < -0.4 is 20.1 Å². The standard InChI is InChI=1S/C33H42F4N2O6S/c1-6-20-9-7-12-26(29(20)31(41)38-22-10-8-11-23(15-22)46(42,43)33(35,36)37)39-30(40)24-16-28(25(34)17-27(24)44-5)45-18-19-13-21(14-19)32(2,3)4/h8,10-11,15-17,19-21,26,29H,6-7,9,12-14,18H2,1-5H3,(H,38,41)(H,39,40)/t19?,20-,21?,26-,29+/m1/s1. The second-order valence-corrected chi connectivity index (χ2v) is 15.3. The quantitative estimate of drug-likeness (QED) is 0.260. The lowest BCUT2D eigenvalue weighted by Crippen LogP contribution is -2.50. The monoisotopic (exact) mass is 670 g/mol. The van der Waals surface area contributed by atoms with Gasteiger partial charge in [-0.05, 0) is 73.1 Å². The average molecular weight is 671 g/mol. The van der Waals surface area contributed by atoms with Crippen LogP contribution in [0, 0.1) is 34.9 Å². The number of methoxy groups -OCH3 is 1. The smallest absolute Gasteiger partial charge is 0.496 e. The minimum Gasteiger partial charge on any atom is -0.496 e. The molecular weight excluding hydrogens is 628 g/mol. The van der Waals surface area contributed by atoms with Crippen LogP contribution in [-0.4, -0.2) is 45.5 Å². The van der Waals surface area contributed by atoms with E-state index in [4.69, 9.17) is 9.47 Å². The molecule has 2 aromatic carbocycles. The molecule has 0 unspecified atom stereocenters. The van der Waals surface area contributed by atoms with Crippen molar-refractivity contribution >= 4 is 27.3 Å². The lowest BCUT2D eigenvalue weighted by Gasteiger charge is -2.43. The average Bonchev–Trinajstić information content (AvgIpc) is 2.95. The number of carbonyl (C=O) groups excluding carboxylic acids is 2. The second kappa shape index (κ2) is 13.8. The summed E-state index contributed by atoms with van der Waals surface area (Å²) in [6.45, 7) is 8.77. The molecule has 8 nitrogen and oxygen atoms in total. The van der Waals surface area contributed by atoms with Gasteiger partial charge >= 0.3 is 5.51 Å². The van der Waals surface area contributed by atoms with E-state index in [1.807, 2.05) is 6.92 Å². The fraction of sp³-hybridized carbons (Fsp3) is 0.576. The number of rotatable bonds is 10. The third kappa shape index (κ3) is 7.78. The molecule has 2 fully saturated rings. The first-order valence-electron chi connectivity index (χ1n) is 15.5. The number of hydrogen-bond donors (Lipinski definition) is 2. The van der Waals surface area contributed by atoms with Crippen molar-refractivity contribution in [2.75, 3.05) is 19.0 Å². The van der Waals surface area contributed by atoms with Crippen molar-refractivity contribution in [3.05, 3.63) is 47.8 Å². The molecule has 13 heteroatoms. The lowest BCUT2D eigenvalue weighted by molar-refractivity contribution is -0.123. The highest BCUT2D eigenvalue weighted by Crippen LogP contribution is 2.45. The fourth-order valence-electron chi connectivity index (χ4n) is 6.43. The van der Waals surface area contributed by atoms with Crippen molar-refractivity contribution in [2.24, 2.45) is 29.1 Å². The summed E-state index contributed by atoms with van der Waals surface area (Å²) < 4.78 is 89.2. The van der Waals surface area contributed by atoms with Gasteiger partial charge in [0.25, 0.3) is 15.7 Å². The van der Waals surface area contributed by atoms with Gasteiger partial charge in [-0.2, -0.15) is 13.2 Å². The molecule has 0 radical (unpaired) electrons. The molecular formula is C33H42F4N2O6S. The van der Waals surface area contributed by atoms with Gasteiger partial charge in [0.15, 0.2) is 11.6 Å². The van der Waals surface area contributed by atoms with E-state index >= 15 is 0 Å². The number of anilines is 1. The van der Waals surface area contributed by atoms with Crippen LogP contribution in [0.1, 0.15) is 76.6 Å². The van der Waals surface area contributed by atoms with E-state index in [1.165, 1.54) is 19.2 Å². The van der Waals surface area contributed by atoms with Gasteiger partial charge in [0.05, 0.1) is 30.1 Å². The molecule has 2 saturated carbocycles. The molecule has 4 rings (SSSR count). The van der Waals surface area contributed by atoms with E-state index < -0.39 is 49.8 Å². The van der Waals surface area contributed by atoms with Gasteiger partial charge in [0.2, 0.25) is 5.91 Å². The lowest BCUT2D eigenvalue weighted by atomic mass is 9.63. The Kier molecular flexibility index (Phi) is 10.6. The van der Waals surface area contributed by atoms with Gasteiger partial charge in [0.1, 0.15) is 5.75 Å². The normalized spacial score (nSPS) is 23.6. The number of carbonyl (C=O) groups is 2. The summed E-state index contributed by atoms with van der Waals surface area (Å²) in [5, 5.41) is 5.46. The van der Waals surface area contributed by atoms with Crippen molar-refractivity contribution in [3.8, 4) is 11.5 Å². The van der Waals surface area contributed by atoms with Gasteiger partial charge in [-0.15, -0.1) is 0 Å². The van der Waals surface area contributed by atoms with E-state index in [0.29, 0.717) is 38.2 Å². The van der Waals surface area contributed by atoms with Crippen molar-refractivity contribution in [2.45, 2.75) is 82.7 Å². The molecule has 2 N–H and O–H groups in total. The summed E-state index contributed by atoms with van der Waals surface area (Å²) in [6.07, 6.45) is 4.35. The summed E-state index contributed by atoms with van der Waals surface area (Å²) in [4.78, 5) is 26.2. The molecule has 2 aromatic rings. The van der Waals surface area contributed by atoms with Crippen molar-refractivity contribution in [1.82, 2.24) is 5.32 Å². The van der Waals surface area contributed by atoms with Crippen LogP contribution in [0.15, 0.2) is 41.3 Å². The van der Waals surface area contributed by atoms with Gasteiger partial charge in [0, 0.05) is 17.8 Å². The third-order valence-electron chi connectivity index (χ3n) is 9.33. The molecule has 0 aromatic heterocycles. The summed E-state index contributed by atoms with van der Waals surface area (Å²) >= 11 is 0. The Morgan fingerprint density at radius 3 is 2.33 bits per heavy atom. The maximum Gasteiger partial charge on any atom is 0.501 e. The highest BCUT2D eigenvalue weighted by molar-refractivity contribution is 7.92. The molecule has 0 heterocycles. The van der Waals surface area contributed by atoms with E-state index in [0.717, 1.165) is 37.1 Å². The highest BCUT2D eigenvalue weighted by atomic mass is 32.2. The first-order valence-corrected chi connectivity index (χ1v) is 17.0. The Morgan fingerprint density at radius 2 is 1.72 bits per heavy atom. The Morgan fingerprint density at radius 1 is 1.02 bits per heavy atom. The predicted molar refractivity (Wildman–Crippen MR) is 165 cm³/mol. The van der Waals surface area contributed by atoms with Crippen LogP contribution in [0.4, 0.5) is 23.2 Å². The molecule has 0 aliphatic heterocycles. The molecule has 2 amide bonds. The number of sulfone groups is 1. The van der Waals surface area contributed by atoms with E-state index in [9.17, 15) is 35.6 Å². The van der Waals surface area contributed by atoms with Crippen LogP contribution >= 0.6 is 0 Å². The Balaban J connectivity index is 1.51. The Hall–Kier alpha value is -3.35. The molecule has 3 atom stereocenters. The first-order chi connectivity index (χ1) is 21.5. The summed E-state index contributed by atoms with van der Waals surface area (Å²) in [6, 6.07) is 5.69. The molecule has 2 aliphatic rings. The number of hydrogen-bond acceptors (Lipinski definition) is 6. The van der Waals surface area contributed by atoms with Crippen molar-refractivity contribution < 1.29 is 45.0 Å². The maximum atomic E-state index is 14.9. The predicted octanol–water partition coefficient (Wildman–Crippen LogP) is 7.14. The maximum absolute atomic E-state index is 14.9. The van der Waals surface area contributed by atoms with Gasteiger partial charge in [-0.25, -0.2) is 12.8 Å². The fourth-order valence-corrected chi connectivity index (χ4v) is 7.24. The largest absolute Gasteiger partial charge is 0.501 e. The minimum absolute atomic E-state index is 0.00895. The molecule has 0 spiro atoms. The van der Waals surface area contributed by atoms with Crippen LogP contribution in [0.2, 0.25) is 0 Å². The van der Waals surface area contributed by atoms with Gasteiger partial charge < -0.3 is 20.1 Å². The van der Waals surface area contributed by atoms with Gasteiger partial charge in [-0.1, -0.05) is 46.6 Å².